The van der Waals surface area contributed by atoms with Crippen molar-refractivity contribution in [2.75, 3.05) is 12.9 Å². The molecule has 0 unspecified atom stereocenters. The van der Waals surface area contributed by atoms with Crippen LogP contribution in [0.3, 0.4) is 0 Å². The molecule has 2 rings (SSSR count). The fourth-order valence-corrected chi connectivity index (χ4v) is 2.65. The molecule has 0 saturated heterocycles. The van der Waals surface area contributed by atoms with E-state index in [1.807, 2.05) is 31.2 Å². The smallest absolute Gasteiger partial charge is 0.357 e. The SMILES string of the molecule is CCSc1cc2c(Cl)cccc2nc1C(=O)OC. The van der Waals surface area contributed by atoms with Crippen LogP contribution in [0.25, 0.3) is 10.9 Å². The first kappa shape index (κ1) is 13.2. The van der Waals surface area contributed by atoms with Gasteiger partial charge in [0.25, 0.3) is 0 Å². The van der Waals surface area contributed by atoms with Gasteiger partial charge in [-0.2, -0.15) is 0 Å². The summed E-state index contributed by atoms with van der Waals surface area (Å²) in [5.41, 5.74) is 1.04. The van der Waals surface area contributed by atoms with Crippen molar-refractivity contribution in [2.24, 2.45) is 0 Å². The van der Waals surface area contributed by atoms with Gasteiger partial charge in [-0.15, -0.1) is 11.8 Å². The first-order valence-electron chi connectivity index (χ1n) is 5.47. The number of esters is 1. The zero-order valence-electron chi connectivity index (χ0n) is 10.1. The Morgan fingerprint density at radius 1 is 1.50 bits per heavy atom. The van der Waals surface area contributed by atoms with Crippen LogP contribution in [0.4, 0.5) is 0 Å². The van der Waals surface area contributed by atoms with Crippen LogP contribution < -0.4 is 0 Å². The molecule has 0 N–H and O–H groups in total. The Labute approximate surface area is 114 Å². The fourth-order valence-electron chi connectivity index (χ4n) is 1.65. The van der Waals surface area contributed by atoms with Crippen LogP contribution in [0.2, 0.25) is 5.02 Å². The first-order chi connectivity index (χ1) is 8.67. The molecule has 1 heterocycles. The first-order valence-corrected chi connectivity index (χ1v) is 6.84. The van der Waals surface area contributed by atoms with Crippen molar-refractivity contribution in [1.29, 1.82) is 0 Å². The van der Waals surface area contributed by atoms with Crippen molar-refractivity contribution in [3.05, 3.63) is 35.0 Å². The molecule has 2 aromatic rings. The molecule has 3 nitrogen and oxygen atoms in total. The summed E-state index contributed by atoms with van der Waals surface area (Å²) in [5, 5.41) is 1.48. The fraction of sp³-hybridized carbons (Fsp3) is 0.231. The maximum absolute atomic E-state index is 11.7. The van der Waals surface area contributed by atoms with E-state index >= 15 is 0 Å². The molecule has 5 heteroatoms. The maximum atomic E-state index is 11.7. The lowest BCUT2D eigenvalue weighted by Crippen LogP contribution is -2.06. The van der Waals surface area contributed by atoms with Crippen molar-refractivity contribution in [3.63, 3.8) is 0 Å². The number of methoxy groups -OCH3 is 1. The van der Waals surface area contributed by atoms with Gasteiger partial charge in [0.15, 0.2) is 5.69 Å². The number of carbonyl (C=O) groups excluding carboxylic acids is 1. The molecule has 18 heavy (non-hydrogen) atoms. The summed E-state index contributed by atoms with van der Waals surface area (Å²) in [6.07, 6.45) is 0. The number of fused-ring (bicyclic) bond motifs is 1. The Morgan fingerprint density at radius 2 is 2.28 bits per heavy atom. The molecule has 0 spiro atoms. The number of hydrogen-bond acceptors (Lipinski definition) is 4. The van der Waals surface area contributed by atoms with E-state index in [0.29, 0.717) is 16.2 Å². The van der Waals surface area contributed by atoms with E-state index in [0.717, 1.165) is 16.0 Å². The molecule has 0 atom stereocenters. The van der Waals surface area contributed by atoms with E-state index in [1.54, 1.807) is 11.8 Å². The average molecular weight is 282 g/mol. The summed E-state index contributed by atoms with van der Waals surface area (Å²) < 4.78 is 4.75. The molecular formula is C13H12ClNO2S. The molecule has 0 fully saturated rings. The van der Waals surface area contributed by atoms with E-state index in [2.05, 4.69) is 4.98 Å². The number of ether oxygens (including phenoxy) is 1. The third-order valence-electron chi connectivity index (χ3n) is 2.45. The number of hydrogen-bond donors (Lipinski definition) is 0. The van der Waals surface area contributed by atoms with Gasteiger partial charge in [-0.05, 0) is 24.0 Å². The minimum Gasteiger partial charge on any atom is -0.464 e. The highest BCUT2D eigenvalue weighted by molar-refractivity contribution is 7.99. The van der Waals surface area contributed by atoms with E-state index in [4.69, 9.17) is 16.3 Å². The Kier molecular flexibility index (Phi) is 4.09. The monoisotopic (exact) mass is 281 g/mol. The van der Waals surface area contributed by atoms with Crippen LogP contribution in [0.5, 0.6) is 0 Å². The van der Waals surface area contributed by atoms with Crippen molar-refractivity contribution in [2.45, 2.75) is 11.8 Å². The van der Waals surface area contributed by atoms with Gasteiger partial charge >= 0.3 is 5.97 Å². The molecule has 0 aliphatic rings. The van der Waals surface area contributed by atoms with Gasteiger partial charge in [-0.3, -0.25) is 0 Å². The lowest BCUT2D eigenvalue weighted by molar-refractivity contribution is 0.0590. The number of benzene rings is 1. The van der Waals surface area contributed by atoms with Crippen LogP contribution in [0, 0.1) is 0 Å². The molecule has 0 saturated carbocycles. The summed E-state index contributed by atoms with van der Waals surface area (Å²) >= 11 is 7.68. The van der Waals surface area contributed by atoms with Gasteiger partial charge in [0.05, 0.1) is 12.6 Å². The van der Waals surface area contributed by atoms with Gasteiger partial charge in [0, 0.05) is 15.3 Å². The van der Waals surface area contributed by atoms with E-state index in [-0.39, 0.29) is 0 Å². The highest BCUT2D eigenvalue weighted by Gasteiger charge is 2.16. The molecule has 0 amide bonds. The van der Waals surface area contributed by atoms with Crippen molar-refractivity contribution < 1.29 is 9.53 Å². The van der Waals surface area contributed by atoms with E-state index in [1.165, 1.54) is 7.11 Å². The molecule has 1 aromatic heterocycles. The number of halogens is 1. The average Bonchev–Trinajstić information content (AvgIpc) is 2.38. The quantitative estimate of drug-likeness (QED) is 0.634. The third kappa shape index (κ3) is 2.44. The van der Waals surface area contributed by atoms with Gasteiger partial charge < -0.3 is 4.74 Å². The normalized spacial score (nSPS) is 10.6. The highest BCUT2D eigenvalue weighted by Crippen LogP contribution is 2.29. The van der Waals surface area contributed by atoms with Crippen LogP contribution in [-0.2, 0) is 4.74 Å². The van der Waals surface area contributed by atoms with E-state index in [9.17, 15) is 4.79 Å². The minimum atomic E-state index is -0.423. The summed E-state index contributed by atoms with van der Waals surface area (Å²) in [7, 11) is 1.35. The molecule has 0 aliphatic carbocycles. The third-order valence-corrected chi connectivity index (χ3v) is 3.69. The zero-order valence-corrected chi connectivity index (χ0v) is 11.6. The van der Waals surface area contributed by atoms with Crippen molar-refractivity contribution in [1.82, 2.24) is 4.98 Å². The number of nitrogens with zero attached hydrogens (tertiary/aromatic N) is 1. The summed E-state index contributed by atoms with van der Waals surface area (Å²) in [6.45, 7) is 2.02. The van der Waals surface area contributed by atoms with Gasteiger partial charge in [0.2, 0.25) is 0 Å². The van der Waals surface area contributed by atoms with Gasteiger partial charge in [-0.1, -0.05) is 24.6 Å². The van der Waals surface area contributed by atoms with Crippen LogP contribution in [0.15, 0.2) is 29.2 Å². The van der Waals surface area contributed by atoms with Gasteiger partial charge in [-0.25, -0.2) is 9.78 Å². The zero-order chi connectivity index (χ0) is 13.1. The van der Waals surface area contributed by atoms with Crippen LogP contribution in [-0.4, -0.2) is 23.8 Å². The minimum absolute atomic E-state index is 0.346. The Bertz CT molecular complexity index is 601. The maximum Gasteiger partial charge on any atom is 0.357 e. The lowest BCUT2D eigenvalue weighted by Gasteiger charge is -2.08. The molecule has 0 aliphatic heterocycles. The second-order valence-electron chi connectivity index (χ2n) is 3.57. The Balaban J connectivity index is 2.68. The summed E-state index contributed by atoms with van der Waals surface area (Å²) in [5.74, 6) is 0.426. The second-order valence-corrected chi connectivity index (χ2v) is 5.28. The lowest BCUT2D eigenvalue weighted by atomic mass is 10.2. The highest BCUT2D eigenvalue weighted by atomic mass is 35.5. The summed E-state index contributed by atoms with van der Waals surface area (Å²) in [4.78, 5) is 16.8. The van der Waals surface area contributed by atoms with Crippen molar-refractivity contribution in [3.8, 4) is 0 Å². The van der Waals surface area contributed by atoms with Crippen LogP contribution in [0.1, 0.15) is 17.4 Å². The summed E-state index contributed by atoms with van der Waals surface area (Å²) in [6, 6.07) is 7.34. The molecule has 94 valence electrons. The Hall–Kier alpha value is -1.26. The topological polar surface area (TPSA) is 39.2 Å². The Morgan fingerprint density at radius 3 is 2.94 bits per heavy atom. The predicted octanol–water partition coefficient (Wildman–Crippen LogP) is 3.79. The van der Waals surface area contributed by atoms with Crippen molar-refractivity contribution >= 4 is 40.2 Å². The van der Waals surface area contributed by atoms with E-state index < -0.39 is 5.97 Å². The largest absolute Gasteiger partial charge is 0.464 e. The number of carbonyl (C=O) groups is 1. The molecular weight excluding hydrogens is 270 g/mol. The predicted molar refractivity (Wildman–Crippen MR) is 74.5 cm³/mol. The molecule has 0 bridgehead atoms. The molecule has 0 radical (unpaired) electrons. The number of aromatic nitrogens is 1. The van der Waals surface area contributed by atoms with Crippen LogP contribution >= 0.6 is 23.4 Å². The standard InChI is InChI=1S/C13H12ClNO2S/c1-3-18-11-7-8-9(14)5-4-6-10(8)15-12(11)13(16)17-2/h4-7H,3H2,1-2H3. The second kappa shape index (κ2) is 5.59. The van der Waals surface area contributed by atoms with Gasteiger partial charge in [0.1, 0.15) is 0 Å². The number of rotatable bonds is 3. The number of thioether (sulfide) groups is 1. The molecule has 1 aromatic carbocycles. The number of pyridine rings is 1.